The van der Waals surface area contributed by atoms with Crippen LogP contribution in [0.25, 0.3) is 0 Å². The van der Waals surface area contributed by atoms with Gasteiger partial charge in [0.2, 0.25) is 11.8 Å². The number of hydrogen-bond donors (Lipinski definition) is 0. The molecule has 2 aromatic rings. The van der Waals surface area contributed by atoms with Gasteiger partial charge in [-0.2, -0.15) is 0 Å². The van der Waals surface area contributed by atoms with Gasteiger partial charge in [-0.05, 0) is 56.5 Å². The van der Waals surface area contributed by atoms with Gasteiger partial charge in [-0.25, -0.2) is 0 Å². The summed E-state index contributed by atoms with van der Waals surface area (Å²) in [5.41, 5.74) is 1.39. The van der Waals surface area contributed by atoms with Gasteiger partial charge in [0.05, 0.1) is 6.04 Å². The lowest BCUT2D eigenvalue weighted by molar-refractivity contribution is 0.142. The maximum absolute atomic E-state index is 5.95. The third-order valence-electron chi connectivity index (χ3n) is 4.32. The lowest BCUT2D eigenvalue weighted by Gasteiger charge is -2.34. The van der Waals surface area contributed by atoms with Crippen molar-refractivity contribution in [3.8, 4) is 0 Å². The summed E-state index contributed by atoms with van der Waals surface area (Å²) < 4.78 is 5.54. The smallest absolute Gasteiger partial charge is 0.233 e. The molecule has 0 radical (unpaired) electrons. The summed E-state index contributed by atoms with van der Waals surface area (Å²) in [5.74, 6) is 1.97. The molecule has 21 heavy (non-hydrogen) atoms. The number of hydrogen-bond acceptors (Lipinski definition) is 4. The second-order valence-corrected chi connectivity index (χ2v) is 6.13. The Bertz CT molecular complexity index is 588. The average Bonchev–Trinajstić information content (AvgIpc) is 2.94. The van der Waals surface area contributed by atoms with Gasteiger partial charge in [0.1, 0.15) is 0 Å². The predicted molar refractivity (Wildman–Crippen MR) is 82.5 cm³/mol. The van der Waals surface area contributed by atoms with Crippen molar-refractivity contribution >= 4 is 11.6 Å². The number of nitrogens with zero attached hydrogens (tertiary/aromatic N) is 3. The minimum atomic E-state index is 0.192. The molecule has 5 heteroatoms. The fraction of sp³-hybridized carbons (Fsp3) is 0.500. The molecule has 0 bridgehead atoms. The second kappa shape index (κ2) is 6.16. The molecule has 4 nitrogen and oxygen atoms in total. The lowest BCUT2D eigenvalue weighted by atomic mass is 9.89. The number of piperidine rings is 1. The van der Waals surface area contributed by atoms with E-state index in [1.165, 1.54) is 5.56 Å². The zero-order chi connectivity index (χ0) is 14.8. The standard InChI is InChI=1S/C16H20ClN3O/c1-11(16-19-18-12(2)21-16)20-9-7-14(8-10-20)13-3-5-15(17)6-4-13/h3-6,11,14H,7-10H2,1-2H3/t11-/m1/s1. The third-order valence-corrected chi connectivity index (χ3v) is 4.57. The van der Waals surface area contributed by atoms with Crippen LogP contribution in [0.5, 0.6) is 0 Å². The zero-order valence-corrected chi connectivity index (χ0v) is 13.2. The van der Waals surface area contributed by atoms with Gasteiger partial charge in [0, 0.05) is 11.9 Å². The summed E-state index contributed by atoms with van der Waals surface area (Å²) >= 11 is 5.95. The fourth-order valence-corrected chi connectivity index (χ4v) is 3.12. The van der Waals surface area contributed by atoms with E-state index in [2.05, 4.69) is 34.2 Å². The molecule has 2 heterocycles. The van der Waals surface area contributed by atoms with E-state index in [4.69, 9.17) is 16.0 Å². The van der Waals surface area contributed by atoms with E-state index in [1.807, 2.05) is 19.1 Å². The molecule has 1 aromatic heterocycles. The summed E-state index contributed by atoms with van der Waals surface area (Å²) in [5, 5.41) is 8.85. The Labute approximate surface area is 130 Å². The summed E-state index contributed by atoms with van der Waals surface area (Å²) in [6.45, 7) is 6.07. The Kier molecular flexibility index (Phi) is 4.27. The van der Waals surface area contributed by atoms with Crippen molar-refractivity contribution in [1.29, 1.82) is 0 Å². The van der Waals surface area contributed by atoms with Gasteiger partial charge < -0.3 is 4.42 Å². The molecule has 0 saturated carbocycles. The summed E-state index contributed by atoms with van der Waals surface area (Å²) in [4.78, 5) is 2.42. The number of likely N-dealkylation sites (tertiary alicyclic amines) is 1. The first-order chi connectivity index (χ1) is 10.1. The van der Waals surface area contributed by atoms with Crippen molar-refractivity contribution in [3.63, 3.8) is 0 Å². The topological polar surface area (TPSA) is 42.2 Å². The van der Waals surface area contributed by atoms with E-state index in [0.717, 1.165) is 36.8 Å². The monoisotopic (exact) mass is 305 g/mol. The molecule has 1 aliphatic heterocycles. The Morgan fingerprint density at radius 1 is 1.19 bits per heavy atom. The first-order valence-electron chi connectivity index (χ1n) is 7.43. The Hall–Kier alpha value is -1.39. The van der Waals surface area contributed by atoms with Gasteiger partial charge in [0.25, 0.3) is 0 Å². The molecule has 0 aliphatic carbocycles. The van der Waals surface area contributed by atoms with Crippen molar-refractivity contribution in [2.45, 2.75) is 38.6 Å². The molecule has 1 fully saturated rings. The van der Waals surface area contributed by atoms with E-state index >= 15 is 0 Å². The predicted octanol–water partition coefficient (Wildman–Crippen LogP) is 3.97. The van der Waals surface area contributed by atoms with E-state index in [9.17, 15) is 0 Å². The highest BCUT2D eigenvalue weighted by molar-refractivity contribution is 6.30. The molecular weight excluding hydrogens is 286 g/mol. The second-order valence-electron chi connectivity index (χ2n) is 5.70. The van der Waals surface area contributed by atoms with E-state index < -0.39 is 0 Å². The Morgan fingerprint density at radius 3 is 2.43 bits per heavy atom. The number of rotatable bonds is 3. The number of aromatic nitrogens is 2. The highest BCUT2D eigenvalue weighted by atomic mass is 35.5. The van der Waals surface area contributed by atoms with Crippen molar-refractivity contribution in [1.82, 2.24) is 15.1 Å². The van der Waals surface area contributed by atoms with E-state index in [1.54, 1.807) is 0 Å². The van der Waals surface area contributed by atoms with Crippen molar-refractivity contribution in [2.75, 3.05) is 13.1 Å². The molecule has 0 amide bonds. The molecule has 1 saturated heterocycles. The Morgan fingerprint density at radius 2 is 1.86 bits per heavy atom. The third kappa shape index (κ3) is 3.27. The maximum Gasteiger partial charge on any atom is 0.233 e. The SMILES string of the molecule is Cc1nnc([C@@H](C)N2CCC(c3ccc(Cl)cc3)CC2)o1. The van der Waals surface area contributed by atoms with Crippen molar-refractivity contribution in [2.24, 2.45) is 0 Å². The molecule has 1 aliphatic rings. The largest absolute Gasteiger partial charge is 0.424 e. The van der Waals surface area contributed by atoms with Crippen LogP contribution in [-0.4, -0.2) is 28.2 Å². The van der Waals surface area contributed by atoms with Gasteiger partial charge in [-0.1, -0.05) is 23.7 Å². The van der Waals surface area contributed by atoms with Gasteiger partial charge in [-0.15, -0.1) is 10.2 Å². The fourth-order valence-electron chi connectivity index (χ4n) is 2.99. The Balaban J connectivity index is 1.61. The van der Waals surface area contributed by atoms with Gasteiger partial charge in [-0.3, -0.25) is 4.90 Å². The molecular formula is C16H20ClN3O. The van der Waals surface area contributed by atoms with Crippen LogP contribution in [0.2, 0.25) is 5.02 Å². The van der Waals surface area contributed by atoms with Crippen LogP contribution < -0.4 is 0 Å². The van der Waals surface area contributed by atoms with Crippen LogP contribution in [0.1, 0.15) is 49.1 Å². The van der Waals surface area contributed by atoms with Crippen LogP contribution in [0.4, 0.5) is 0 Å². The van der Waals surface area contributed by atoms with Gasteiger partial charge >= 0.3 is 0 Å². The van der Waals surface area contributed by atoms with Crippen LogP contribution in [-0.2, 0) is 0 Å². The maximum atomic E-state index is 5.95. The van der Waals surface area contributed by atoms with Crippen LogP contribution in [0.15, 0.2) is 28.7 Å². The average molecular weight is 306 g/mol. The van der Waals surface area contributed by atoms with Crippen LogP contribution >= 0.6 is 11.6 Å². The molecule has 0 unspecified atom stereocenters. The van der Waals surface area contributed by atoms with Crippen molar-refractivity contribution < 1.29 is 4.42 Å². The molecule has 1 aromatic carbocycles. The highest BCUT2D eigenvalue weighted by Crippen LogP contribution is 2.32. The molecule has 1 atom stereocenters. The first-order valence-corrected chi connectivity index (χ1v) is 7.81. The molecule has 0 N–H and O–H groups in total. The van der Waals surface area contributed by atoms with Crippen LogP contribution in [0, 0.1) is 6.92 Å². The van der Waals surface area contributed by atoms with Crippen LogP contribution in [0.3, 0.4) is 0 Å². The summed E-state index contributed by atoms with van der Waals surface area (Å²) in [6.07, 6.45) is 2.30. The highest BCUT2D eigenvalue weighted by Gasteiger charge is 2.26. The van der Waals surface area contributed by atoms with Gasteiger partial charge in [0.15, 0.2) is 0 Å². The molecule has 112 valence electrons. The summed E-state index contributed by atoms with van der Waals surface area (Å²) in [7, 11) is 0. The quantitative estimate of drug-likeness (QED) is 0.860. The molecule has 3 rings (SSSR count). The molecule has 0 spiro atoms. The minimum Gasteiger partial charge on any atom is -0.424 e. The zero-order valence-electron chi connectivity index (χ0n) is 12.4. The first kappa shape index (κ1) is 14.5. The summed E-state index contributed by atoms with van der Waals surface area (Å²) in [6, 6.07) is 8.44. The number of halogens is 1. The lowest BCUT2D eigenvalue weighted by Crippen LogP contribution is -2.35. The number of benzene rings is 1. The number of aryl methyl sites for hydroxylation is 1. The minimum absolute atomic E-state index is 0.192. The van der Waals surface area contributed by atoms with Crippen molar-refractivity contribution in [3.05, 3.63) is 46.6 Å². The van der Waals surface area contributed by atoms with E-state index in [-0.39, 0.29) is 6.04 Å². The normalized spacial score (nSPS) is 18.8. The van der Waals surface area contributed by atoms with E-state index in [0.29, 0.717) is 11.8 Å².